The van der Waals surface area contributed by atoms with Crippen molar-refractivity contribution >= 4 is 22.7 Å². The molecule has 0 amide bonds. The Hall–Kier alpha value is -1.95. The van der Waals surface area contributed by atoms with E-state index in [0.717, 1.165) is 22.1 Å². The Morgan fingerprint density at radius 1 is 1.15 bits per heavy atom. The van der Waals surface area contributed by atoms with Gasteiger partial charge >= 0.3 is 0 Å². The Kier molecular flexibility index (Phi) is 2.88. The number of hydrogen-bond acceptors (Lipinski definition) is 5. The minimum atomic E-state index is 0.511. The highest BCUT2D eigenvalue weighted by atomic mass is 32.2. The van der Waals surface area contributed by atoms with Crippen LogP contribution in [0.1, 0.15) is 24.6 Å². The second-order valence-corrected chi connectivity index (χ2v) is 5.86. The minimum absolute atomic E-state index is 0.511. The van der Waals surface area contributed by atoms with Crippen molar-refractivity contribution in [3.8, 4) is 0 Å². The van der Waals surface area contributed by atoms with Gasteiger partial charge in [0.1, 0.15) is 0 Å². The first-order chi connectivity index (χ1) is 9.90. The molecule has 1 aromatic carbocycles. The summed E-state index contributed by atoms with van der Waals surface area (Å²) in [6.45, 7) is 0. The van der Waals surface area contributed by atoms with Gasteiger partial charge in [-0.25, -0.2) is 4.68 Å². The molecule has 0 atom stereocenters. The molecule has 0 bridgehead atoms. The largest absolute Gasteiger partial charge is 0.252 e. The first kappa shape index (κ1) is 11.8. The third-order valence-corrected chi connectivity index (χ3v) is 4.33. The molecular weight excluding hydrogens is 270 g/mol. The molecule has 1 aliphatic carbocycles. The standard InChI is InChI=1S/C14H13N5S/c1-2-4-13-10(3-1)5-6-11(15-13)9-20-14-16-17-18-19(14)12-7-8-12/h1-6,12H,7-9H2. The first-order valence-electron chi connectivity index (χ1n) is 6.65. The van der Waals surface area contributed by atoms with Crippen LogP contribution in [0.5, 0.6) is 0 Å². The van der Waals surface area contributed by atoms with Gasteiger partial charge in [0, 0.05) is 11.1 Å². The fourth-order valence-electron chi connectivity index (χ4n) is 2.16. The van der Waals surface area contributed by atoms with Crippen molar-refractivity contribution in [2.24, 2.45) is 0 Å². The summed E-state index contributed by atoms with van der Waals surface area (Å²) in [5, 5.41) is 14.0. The average molecular weight is 283 g/mol. The Balaban J connectivity index is 1.53. The van der Waals surface area contributed by atoms with Crippen molar-refractivity contribution in [3.63, 3.8) is 0 Å². The molecule has 0 radical (unpaired) electrons. The smallest absolute Gasteiger partial charge is 0.209 e. The number of thioether (sulfide) groups is 1. The van der Waals surface area contributed by atoms with Crippen LogP contribution in [0.25, 0.3) is 10.9 Å². The van der Waals surface area contributed by atoms with E-state index in [1.54, 1.807) is 11.8 Å². The topological polar surface area (TPSA) is 56.5 Å². The lowest BCUT2D eigenvalue weighted by Crippen LogP contribution is -1.99. The van der Waals surface area contributed by atoms with Gasteiger partial charge in [-0.1, -0.05) is 36.0 Å². The molecule has 100 valence electrons. The van der Waals surface area contributed by atoms with Gasteiger partial charge < -0.3 is 0 Å². The van der Waals surface area contributed by atoms with Crippen LogP contribution < -0.4 is 0 Å². The zero-order valence-corrected chi connectivity index (χ0v) is 11.6. The summed E-state index contributed by atoms with van der Waals surface area (Å²) in [5.41, 5.74) is 2.09. The van der Waals surface area contributed by atoms with Gasteiger partial charge in [0.05, 0.1) is 17.3 Å². The normalized spacial score (nSPS) is 14.8. The summed E-state index contributed by atoms with van der Waals surface area (Å²) in [5.74, 6) is 0.790. The molecule has 2 aromatic heterocycles. The summed E-state index contributed by atoms with van der Waals surface area (Å²) in [6, 6.07) is 12.9. The molecule has 5 nitrogen and oxygen atoms in total. The fraction of sp³-hybridized carbons (Fsp3) is 0.286. The zero-order chi connectivity index (χ0) is 13.4. The number of fused-ring (bicyclic) bond motifs is 1. The summed E-state index contributed by atoms with van der Waals surface area (Å²) in [4.78, 5) is 4.67. The molecule has 0 spiro atoms. The van der Waals surface area contributed by atoms with E-state index < -0.39 is 0 Å². The Labute approximate surface area is 120 Å². The van der Waals surface area contributed by atoms with Crippen molar-refractivity contribution in [2.75, 3.05) is 0 Å². The maximum absolute atomic E-state index is 4.67. The lowest BCUT2D eigenvalue weighted by atomic mass is 10.2. The summed E-state index contributed by atoms with van der Waals surface area (Å²) >= 11 is 1.65. The Bertz CT molecular complexity index is 750. The zero-order valence-electron chi connectivity index (χ0n) is 10.8. The van der Waals surface area contributed by atoms with E-state index in [1.165, 1.54) is 18.2 Å². The molecule has 0 N–H and O–H groups in total. The van der Waals surface area contributed by atoms with Crippen molar-refractivity contribution in [1.29, 1.82) is 0 Å². The van der Waals surface area contributed by atoms with Gasteiger partial charge in [0.15, 0.2) is 0 Å². The monoisotopic (exact) mass is 283 g/mol. The molecular formula is C14H13N5S. The molecule has 4 rings (SSSR count). The maximum atomic E-state index is 4.67. The summed E-state index contributed by atoms with van der Waals surface area (Å²) in [6.07, 6.45) is 2.37. The predicted octanol–water partition coefficient (Wildman–Crippen LogP) is 2.85. The lowest BCUT2D eigenvalue weighted by molar-refractivity contribution is 0.565. The van der Waals surface area contributed by atoms with Gasteiger partial charge in [-0.05, 0) is 35.4 Å². The van der Waals surface area contributed by atoms with Crippen LogP contribution in [0.15, 0.2) is 41.6 Å². The lowest BCUT2D eigenvalue weighted by Gasteiger charge is -2.03. The second-order valence-electron chi connectivity index (χ2n) is 4.92. The van der Waals surface area contributed by atoms with Crippen molar-refractivity contribution < 1.29 is 0 Å². The number of para-hydroxylation sites is 1. The van der Waals surface area contributed by atoms with E-state index >= 15 is 0 Å². The number of aromatic nitrogens is 5. The summed E-state index contributed by atoms with van der Waals surface area (Å²) in [7, 11) is 0. The Morgan fingerprint density at radius 3 is 2.95 bits per heavy atom. The van der Waals surface area contributed by atoms with E-state index in [0.29, 0.717) is 6.04 Å². The number of rotatable bonds is 4. The predicted molar refractivity (Wildman–Crippen MR) is 77.4 cm³/mol. The molecule has 2 heterocycles. The Morgan fingerprint density at radius 2 is 2.05 bits per heavy atom. The van der Waals surface area contributed by atoms with E-state index in [1.807, 2.05) is 22.9 Å². The van der Waals surface area contributed by atoms with Crippen molar-refractivity contribution in [3.05, 3.63) is 42.1 Å². The molecule has 1 aliphatic rings. The molecule has 3 aromatic rings. The molecule has 0 unspecified atom stereocenters. The number of nitrogens with zero attached hydrogens (tertiary/aromatic N) is 5. The van der Waals surface area contributed by atoms with E-state index in [2.05, 4.69) is 38.7 Å². The van der Waals surface area contributed by atoms with Crippen molar-refractivity contribution in [2.45, 2.75) is 29.8 Å². The molecule has 1 fully saturated rings. The van der Waals surface area contributed by atoms with Crippen LogP contribution in [0.2, 0.25) is 0 Å². The number of tetrazole rings is 1. The minimum Gasteiger partial charge on any atom is -0.252 e. The highest BCUT2D eigenvalue weighted by molar-refractivity contribution is 7.98. The highest BCUT2D eigenvalue weighted by Gasteiger charge is 2.27. The molecule has 6 heteroatoms. The number of benzene rings is 1. The average Bonchev–Trinajstić information content (AvgIpc) is 3.23. The molecule has 20 heavy (non-hydrogen) atoms. The SMILES string of the molecule is c1ccc2nc(CSc3nnnn3C3CC3)ccc2c1. The number of hydrogen-bond donors (Lipinski definition) is 0. The third kappa shape index (κ3) is 2.27. The van der Waals surface area contributed by atoms with Crippen molar-refractivity contribution in [1.82, 2.24) is 25.2 Å². The van der Waals surface area contributed by atoms with E-state index in [-0.39, 0.29) is 0 Å². The molecule has 0 aliphatic heterocycles. The fourth-order valence-corrected chi connectivity index (χ4v) is 3.01. The van der Waals surface area contributed by atoms with Crippen LogP contribution in [0.4, 0.5) is 0 Å². The number of pyridine rings is 1. The van der Waals surface area contributed by atoms with Gasteiger partial charge in [-0.2, -0.15) is 0 Å². The van der Waals surface area contributed by atoms with Crippen LogP contribution >= 0.6 is 11.8 Å². The van der Waals surface area contributed by atoms with Crippen LogP contribution in [0.3, 0.4) is 0 Å². The maximum Gasteiger partial charge on any atom is 0.209 e. The quantitative estimate of drug-likeness (QED) is 0.689. The van der Waals surface area contributed by atoms with Gasteiger partial charge in [0.25, 0.3) is 0 Å². The first-order valence-corrected chi connectivity index (χ1v) is 7.64. The van der Waals surface area contributed by atoms with Crippen LogP contribution in [-0.4, -0.2) is 25.2 Å². The van der Waals surface area contributed by atoms with Crippen LogP contribution in [-0.2, 0) is 5.75 Å². The van der Waals surface area contributed by atoms with E-state index in [4.69, 9.17) is 0 Å². The van der Waals surface area contributed by atoms with Gasteiger partial charge in [0.2, 0.25) is 5.16 Å². The highest BCUT2D eigenvalue weighted by Crippen LogP contribution is 2.36. The molecule has 0 saturated heterocycles. The van der Waals surface area contributed by atoms with Gasteiger partial charge in [-0.15, -0.1) is 5.10 Å². The van der Waals surface area contributed by atoms with Gasteiger partial charge in [-0.3, -0.25) is 4.98 Å². The van der Waals surface area contributed by atoms with E-state index in [9.17, 15) is 0 Å². The summed E-state index contributed by atoms with van der Waals surface area (Å²) < 4.78 is 1.94. The second kappa shape index (κ2) is 4.86. The molecule has 1 saturated carbocycles. The van der Waals surface area contributed by atoms with Crippen LogP contribution in [0, 0.1) is 0 Å². The third-order valence-electron chi connectivity index (χ3n) is 3.36.